The third-order valence-electron chi connectivity index (χ3n) is 9.78. The van der Waals surface area contributed by atoms with Gasteiger partial charge in [-0.05, 0) is 103 Å². The van der Waals surface area contributed by atoms with Crippen molar-refractivity contribution in [1.82, 2.24) is 19.3 Å². The largest absolute Gasteiger partial charge is 2.00 e. The third-order valence-corrected chi connectivity index (χ3v) is 9.78. The summed E-state index contributed by atoms with van der Waals surface area (Å²) in [6.07, 6.45) is 12.4. The minimum atomic E-state index is -0.349. The van der Waals surface area contributed by atoms with Crippen LogP contribution in [0.2, 0.25) is 0 Å². The number of hydrogen-bond acceptors (Lipinski definition) is 3. The maximum absolute atomic E-state index is 14.3. The molecule has 0 saturated heterocycles. The van der Waals surface area contributed by atoms with E-state index in [-0.39, 0.29) is 26.9 Å². The van der Waals surface area contributed by atoms with Crippen LogP contribution in [0.5, 0.6) is 11.5 Å². The smallest absolute Gasteiger partial charge is 0.509 e. The normalized spacial score (nSPS) is 11.3. The maximum atomic E-state index is 14.3. The topological polar surface area (TPSA) is 44.9 Å². The summed E-state index contributed by atoms with van der Waals surface area (Å²) in [5, 5.41) is 6.85. The molecule has 7 heteroatoms. The average molecular weight is 844 g/mol. The first-order valence-electron chi connectivity index (χ1n) is 17.3. The van der Waals surface area contributed by atoms with E-state index in [9.17, 15) is 4.39 Å². The van der Waals surface area contributed by atoms with E-state index in [0.29, 0.717) is 17.3 Å². The first-order chi connectivity index (χ1) is 23.9. The van der Waals surface area contributed by atoms with Crippen LogP contribution in [-0.2, 0) is 33.9 Å². The second-order valence-electron chi connectivity index (χ2n) is 12.9. The molecule has 5 nitrogen and oxygen atoms in total. The molecular formula is C43H41FN4OPt. The number of aromatic nitrogens is 4. The number of halogens is 1. The quantitative estimate of drug-likeness (QED) is 0.122. The van der Waals surface area contributed by atoms with Gasteiger partial charge in [-0.3, -0.25) is 4.68 Å². The molecule has 0 saturated carbocycles. The molecule has 7 aromatic rings. The van der Waals surface area contributed by atoms with Gasteiger partial charge in [-0.25, -0.2) is 9.37 Å². The van der Waals surface area contributed by atoms with Crippen LogP contribution >= 0.6 is 0 Å². The van der Waals surface area contributed by atoms with E-state index in [4.69, 9.17) is 9.84 Å². The van der Waals surface area contributed by atoms with Crippen molar-refractivity contribution in [3.63, 3.8) is 0 Å². The summed E-state index contributed by atoms with van der Waals surface area (Å²) in [5.41, 5.74) is 12.1. The molecule has 0 amide bonds. The molecule has 0 atom stereocenters. The summed E-state index contributed by atoms with van der Waals surface area (Å²) in [6, 6.07) is 27.4. The summed E-state index contributed by atoms with van der Waals surface area (Å²) in [6.45, 7) is 11.3. The van der Waals surface area contributed by atoms with Crippen molar-refractivity contribution in [3.05, 3.63) is 131 Å². The van der Waals surface area contributed by atoms with Crippen molar-refractivity contribution in [2.75, 3.05) is 0 Å². The van der Waals surface area contributed by atoms with Crippen molar-refractivity contribution in [2.24, 2.45) is 0 Å². The fraction of sp³-hybridized carbons (Fsp3) is 0.256. The predicted octanol–water partition coefficient (Wildman–Crippen LogP) is 11.2. The Hall–Kier alpha value is -4.54. The number of nitrogens with zero attached hydrogens (tertiary/aromatic N) is 4. The molecule has 0 aliphatic carbocycles. The zero-order valence-corrected chi connectivity index (χ0v) is 31.5. The first kappa shape index (κ1) is 35.3. The Kier molecular flexibility index (Phi) is 10.7. The number of pyridine rings is 1. The van der Waals surface area contributed by atoms with E-state index < -0.39 is 0 Å². The summed E-state index contributed by atoms with van der Waals surface area (Å²) >= 11 is 0. The molecule has 7 rings (SSSR count). The summed E-state index contributed by atoms with van der Waals surface area (Å²) in [7, 11) is 0. The Balaban J connectivity index is 0.00000432. The number of benzene rings is 4. The third kappa shape index (κ3) is 6.66. The average Bonchev–Trinajstić information content (AvgIpc) is 3.73. The van der Waals surface area contributed by atoms with Gasteiger partial charge in [0.25, 0.3) is 0 Å². The van der Waals surface area contributed by atoms with E-state index in [0.717, 1.165) is 71.6 Å². The van der Waals surface area contributed by atoms with Gasteiger partial charge < -0.3 is 9.30 Å². The van der Waals surface area contributed by atoms with Crippen molar-refractivity contribution < 1.29 is 30.2 Å². The molecule has 0 fully saturated rings. The molecule has 3 heterocycles. The van der Waals surface area contributed by atoms with E-state index in [1.54, 1.807) is 0 Å². The molecule has 4 aromatic carbocycles. The molecular weight excluding hydrogens is 803 g/mol. The standard InChI is InChI=1S/C43H41FN4O.Pt/c1-6-8-15-36-29(4)28(3)30(5)37(16-9-7-2)43(36)31-26-46-47(27-31)33-13-12-14-34(24-33)49-35-19-20-39-38-17-10-11-18-40(38)48(41(39)25-35)42-23-32(44)21-22-45-42;/h10-14,17-23,26-27H,6-9,15-16H2,1-5H3;/q-2;+2. The number of hydrogen-bond donors (Lipinski definition) is 0. The van der Waals surface area contributed by atoms with Gasteiger partial charge in [-0.15, -0.1) is 35.7 Å². The van der Waals surface area contributed by atoms with E-state index in [1.807, 2.05) is 64.0 Å². The van der Waals surface area contributed by atoms with Crippen LogP contribution in [0, 0.1) is 38.7 Å². The minimum absolute atomic E-state index is 0. The van der Waals surface area contributed by atoms with E-state index in [2.05, 4.69) is 64.0 Å². The summed E-state index contributed by atoms with van der Waals surface area (Å²) in [5.74, 6) is 1.20. The fourth-order valence-electron chi connectivity index (χ4n) is 6.99. The SMILES string of the molecule is CCCCc1c(C)c(C)c(C)c(CCCC)c1-c1cnn(-c2[c-]c(Oc3[c-]c4c(cc3)c3ccccc3n4-c3cc(F)ccn3)ccc2)c1.[Pt+2]. The van der Waals surface area contributed by atoms with E-state index >= 15 is 0 Å². The first-order valence-corrected chi connectivity index (χ1v) is 17.3. The van der Waals surface area contributed by atoms with Crippen LogP contribution in [0.3, 0.4) is 0 Å². The van der Waals surface area contributed by atoms with Crippen LogP contribution in [0.4, 0.5) is 4.39 Å². The Bertz CT molecular complexity index is 2270. The van der Waals surface area contributed by atoms with Crippen molar-refractivity contribution >= 4 is 21.8 Å². The zero-order chi connectivity index (χ0) is 34.1. The van der Waals surface area contributed by atoms with Gasteiger partial charge in [0.05, 0.1) is 6.20 Å². The molecule has 0 aliphatic rings. The van der Waals surface area contributed by atoms with Gasteiger partial charge in [0, 0.05) is 41.0 Å². The number of ether oxygens (including phenoxy) is 1. The fourth-order valence-corrected chi connectivity index (χ4v) is 6.99. The molecule has 0 radical (unpaired) electrons. The molecule has 256 valence electrons. The Morgan fingerprint density at radius 1 is 0.780 bits per heavy atom. The van der Waals surface area contributed by atoms with Crippen LogP contribution < -0.4 is 4.74 Å². The Morgan fingerprint density at radius 2 is 1.50 bits per heavy atom. The summed E-state index contributed by atoms with van der Waals surface area (Å²) in [4.78, 5) is 4.46. The maximum Gasteiger partial charge on any atom is 2.00 e. The second kappa shape index (κ2) is 15.1. The van der Waals surface area contributed by atoms with Gasteiger partial charge in [-0.2, -0.15) is 17.2 Å². The number of rotatable bonds is 11. The molecule has 0 spiro atoms. The predicted molar refractivity (Wildman–Crippen MR) is 197 cm³/mol. The Labute approximate surface area is 308 Å². The van der Waals surface area contributed by atoms with Gasteiger partial charge >= 0.3 is 21.1 Å². The minimum Gasteiger partial charge on any atom is -0.509 e. The monoisotopic (exact) mass is 843 g/mol. The summed E-state index contributed by atoms with van der Waals surface area (Å²) < 4.78 is 24.5. The Morgan fingerprint density at radius 3 is 2.22 bits per heavy atom. The second-order valence-corrected chi connectivity index (χ2v) is 12.9. The zero-order valence-electron chi connectivity index (χ0n) is 29.2. The van der Waals surface area contributed by atoms with E-state index in [1.165, 1.54) is 51.7 Å². The number of para-hydroxylation sites is 1. The van der Waals surface area contributed by atoms with Crippen LogP contribution in [-0.4, -0.2) is 19.3 Å². The van der Waals surface area contributed by atoms with Gasteiger partial charge in [-0.1, -0.05) is 50.4 Å². The van der Waals surface area contributed by atoms with Crippen molar-refractivity contribution in [1.29, 1.82) is 0 Å². The van der Waals surface area contributed by atoms with Gasteiger partial charge in [0.2, 0.25) is 0 Å². The van der Waals surface area contributed by atoms with Gasteiger partial charge in [0.15, 0.2) is 0 Å². The van der Waals surface area contributed by atoms with Gasteiger partial charge in [0.1, 0.15) is 11.6 Å². The molecule has 0 bridgehead atoms. The molecule has 0 unspecified atom stereocenters. The van der Waals surface area contributed by atoms with Crippen LogP contribution in [0.15, 0.2) is 85.3 Å². The van der Waals surface area contributed by atoms with Crippen molar-refractivity contribution in [2.45, 2.75) is 73.1 Å². The van der Waals surface area contributed by atoms with Crippen LogP contribution in [0.1, 0.15) is 67.3 Å². The molecule has 0 aliphatic heterocycles. The molecule has 0 N–H and O–H groups in total. The molecule has 3 aromatic heterocycles. The number of fused-ring (bicyclic) bond motifs is 3. The molecule has 50 heavy (non-hydrogen) atoms. The number of unbranched alkanes of at least 4 members (excludes halogenated alkanes) is 2. The van der Waals surface area contributed by atoms with Crippen LogP contribution in [0.25, 0.3) is 44.4 Å². The van der Waals surface area contributed by atoms with Crippen molar-refractivity contribution in [3.8, 4) is 34.1 Å².